The SMILES string of the molecule is COc1cc(C)c(C)cc1S(=O)(=O)N1CCC(OC(C)C)CC1. The molecule has 1 heterocycles. The van der Waals surface area contributed by atoms with E-state index in [0.29, 0.717) is 18.8 Å². The largest absolute Gasteiger partial charge is 0.495 e. The Morgan fingerprint density at radius 2 is 1.70 bits per heavy atom. The van der Waals surface area contributed by atoms with Crippen molar-refractivity contribution in [3.05, 3.63) is 23.3 Å². The zero-order valence-corrected chi connectivity index (χ0v) is 15.4. The Bertz CT molecular complexity index is 647. The van der Waals surface area contributed by atoms with Crippen molar-refractivity contribution < 1.29 is 17.9 Å². The first-order chi connectivity index (χ1) is 10.8. The minimum Gasteiger partial charge on any atom is -0.495 e. The molecule has 5 nitrogen and oxygen atoms in total. The molecule has 0 amide bonds. The summed E-state index contributed by atoms with van der Waals surface area (Å²) in [7, 11) is -2.04. The Morgan fingerprint density at radius 3 is 2.22 bits per heavy atom. The summed E-state index contributed by atoms with van der Waals surface area (Å²) >= 11 is 0. The number of ether oxygens (including phenoxy) is 2. The molecule has 6 heteroatoms. The van der Waals surface area contributed by atoms with E-state index < -0.39 is 10.0 Å². The van der Waals surface area contributed by atoms with E-state index in [4.69, 9.17) is 9.47 Å². The number of aryl methyl sites for hydroxylation is 2. The average Bonchev–Trinajstić information content (AvgIpc) is 2.49. The predicted molar refractivity (Wildman–Crippen MR) is 90.5 cm³/mol. The maximum absolute atomic E-state index is 13.0. The second-order valence-corrected chi connectivity index (χ2v) is 8.28. The van der Waals surface area contributed by atoms with Gasteiger partial charge in [-0.05, 0) is 63.8 Å². The van der Waals surface area contributed by atoms with Crippen molar-refractivity contribution in [3.63, 3.8) is 0 Å². The van der Waals surface area contributed by atoms with Crippen molar-refractivity contribution in [3.8, 4) is 5.75 Å². The highest BCUT2D eigenvalue weighted by molar-refractivity contribution is 7.89. The standard InChI is InChI=1S/C17H27NO4S/c1-12(2)22-15-6-8-18(9-7-15)23(19,20)17-11-14(4)13(3)10-16(17)21-5/h10-12,15H,6-9H2,1-5H3. The summed E-state index contributed by atoms with van der Waals surface area (Å²) < 4.78 is 38.6. The fraction of sp³-hybridized carbons (Fsp3) is 0.647. The summed E-state index contributed by atoms with van der Waals surface area (Å²) in [6, 6.07) is 3.50. The molecule has 0 bridgehead atoms. The Labute approximate surface area is 139 Å². The van der Waals surface area contributed by atoms with Crippen LogP contribution in [0.3, 0.4) is 0 Å². The van der Waals surface area contributed by atoms with Crippen LogP contribution in [0.15, 0.2) is 17.0 Å². The van der Waals surface area contributed by atoms with Crippen LogP contribution in [-0.4, -0.2) is 45.1 Å². The minimum absolute atomic E-state index is 0.142. The Morgan fingerprint density at radius 1 is 1.13 bits per heavy atom. The Kier molecular flexibility index (Phi) is 5.70. The summed E-state index contributed by atoms with van der Waals surface area (Å²) in [6.07, 6.45) is 1.76. The summed E-state index contributed by atoms with van der Waals surface area (Å²) in [5, 5.41) is 0. The summed E-state index contributed by atoms with van der Waals surface area (Å²) in [6.45, 7) is 8.83. The van der Waals surface area contributed by atoms with Crippen LogP contribution in [-0.2, 0) is 14.8 Å². The van der Waals surface area contributed by atoms with E-state index in [1.807, 2.05) is 27.7 Å². The highest BCUT2D eigenvalue weighted by Gasteiger charge is 2.32. The first-order valence-corrected chi connectivity index (χ1v) is 9.50. The maximum Gasteiger partial charge on any atom is 0.246 e. The molecule has 23 heavy (non-hydrogen) atoms. The van der Waals surface area contributed by atoms with Gasteiger partial charge in [0, 0.05) is 13.1 Å². The zero-order valence-electron chi connectivity index (χ0n) is 14.6. The van der Waals surface area contributed by atoms with Gasteiger partial charge in [0.25, 0.3) is 0 Å². The van der Waals surface area contributed by atoms with E-state index >= 15 is 0 Å². The Hall–Kier alpha value is -1.11. The van der Waals surface area contributed by atoms with Crippen LogP contribution in [0.25, 0.3) is 0 Å². The Balaban J connectivity index is 2.22. The molecule has 1 aromatic rings. The monoisotopic (exact) mass is 341 g/mol. The van der Waals surface area contributed by atoms with Gasteiger partial charge in [0.1, 0.15) is 10.6 Å². The number of nitrogens with zero attached hydrogens (tertiary/aromatic N) is 1. The number of hydrogen-bond donors (Lipinski definition) is 0. The molecule has 1 saturated heterocycles. The lowest BCUT2D eigenvalue weighted by Crippen LogP contribution is -2.41. The molecule has 0 atom stereocenters. The normalized spacial score (nSPS) is 17.7. The van der Waals surface area contributed by atoms with Crippen LogP contribution in [0, 0.1) is 13.8 Å². The molecular weight excluding hydrogens is 314 g/mol. The van der Waals surface area contributed by atoms with Gasteiger partial charge in [-0.15, -0.1) is 0 Å². The van der Waals surface area contributed by atoms with Gasteiger partial charge >= 0.3 is 0 Å². The molecule has 1 aliphatic heterocycles. The fourth-order valence-electron chi connectivity index (χ4n) is 2.86. The quantitative estimate of drug-likeness (QED) is 0.826. The molecule has 0 spiro atoms. The topological polar surface area (TPSA) is 55.8 Å². The van der Waals surface area contributed by atoms with Crippen molar-refractivity contribution in [2.45, 2.75) is 57.6 Å². The molecule has 0 aliphatic carbocycles. The highest BCUT2D eigenvalue weighted by atomic mass is 32.2. The highest BCUT2D eigenvalue weighted by Crippen LogP contribution is 2.31. The van der Waals surface area contributed by atoms with Crippen molar-refractivity contribution >= 4 is 10.0 Å². The van der Waals surface area contributed by atoms with E-state index in [2.05, 4.69) is 0 Å². The third-order valence-electron chi connectivity index (χ3n) is 4.26. The van der Waals surface area contributed by atoms with E-state index in [0.717, 1.165) is 24.0 Å². The molecule has 0 aromatic heterocycles. The first kappa shape index (κ1) is 18.2. The van der Waals surface area contributed by atoms with Crippen LogP contribution in [0.1, 0.15) is 37.8 Å². The van der Waals surface area contributed by atoms with Gasteiger partial charge in [0.2, 0.25) is 10.0 Å². The van der Waals surface area contributed by atoms with Crippen molar-refractivity contribution in [2.75, 3.05) is 20.2 Å². The van der Waals surface area contributed by atoms with Crippen LogP contribution in [0.5, 0.6) is 5.75 Å². The predicted octanol–water partition coefficient (Wildman–Crippen LogP) is 2.89. The minimum atomic E-state index is -3.54. The maximum atomic E-state index is 13.0. The first-order valence-electron chi connectivity index (χ1n) is 8.06. The smallest absolute Gasteiger partial charge is 0.246 e. The third kappa shape index (κ3) is 4.05. The molecule has 1 aromatic carbocycles. The number of rotatable bonds is 5. The van der Waals surface area contributed by atoms with E-state index in [1.165, 1.54) is 7.11 Å². The van der Waals surface area contributed by atoms with Crippen molar-refractivity contribution in [2.24, 2.45) is 0 Å². The lowest BCUT2D eigenvalue weighted by Gasteiger charge is -2.32. The number of piperidine rings is 1. The summed E-state index contributed by atoms with van der Waals surface area (Å²) in [5.41, 5.74) is 1.97. The number of benzene rings is 1. The van der Waals surface area contributed by atoms with Crippen molar-refractivity contribution in [1.29, 1.82) is 0 Å². The molecule has 2 rings (SSSR count). The number of methoxy groups -OCH3 is 1. The van der Waals surface area contributed by atoms with E-state index in [9.17, 15) is 8.42 Å². The van der Waals surface area contributed by atoms with Crippen LogP contribution < -0.4 is 4.74 Å². The molecule has 0 N–H and O–H groups in total. The van der Waals surface area contributed by atoms with E-state index in [-0.39, 0.29) is 17.1 Å². The van der Waals surface area contributed by atoms with Gasteiger partial charge in [-0.1, -0.05) is 0 Å². The van der Waals surface area contributed by atoms with Crippen molar-refractivity contribution in [1.82, 2.24) is 4.31 Å². The zero-order chi connectivity index (χ0) is 17.2. The molecule has 0 unspecified atom stereocenters. The lowest BCUT2D eigenvalue weighted by molar-refractivity contribution is -0.0168. The average molecular weight is 341 g/mol. The van der Waals surface area contributed by atoms with Gasteiger partial charge in [-0.2, -0.15) is 4.31 Å². The molecule has 1 aliphatic rings. The molecular formula is C17H27NO4S. The number of hydrogen-bond acceptors (Lipinski definition) is 4. The van der Waals surface area contributed by atoms with Gasteiger partial charge in [-0.3, -0.25) is 0 Å². The molecule has 0 saturated carbocycles. The molecule has 1 fully saturated rings. The molecule has 0 radical (unpaired) electrons. The lowest BCUT2D eigenvalue weighted by atomic mass is 10.1. The summed E-state index contributed by atoms with van der Waals surface area (Å²) in [5.74, 6) is 0.411. The van der Waals surface area contributed by atoms with Gasteiger partial charge < -0.3 is 9.47 Å². The van der Waals surface area contributed by atoms with Gasteiger partial charge in [0.15, 0.2) is 0 Å². The number of sulfonamides is 1. The second kappa shape index (κ2) is 7.20. The van der Waals surface area contributed by atoms with Crippen LogP contribution in [0.4, 0.5) is 0 Å². The van der Waals surface area contributed by atoms with E-state index in [1.54, 1.807) is 16.4 Å². The van der Waals surface area contributed by atoms with Gasteiger partial charge in [-0.25, -0.2) is 8.42 Å². The van der Waals surface area contributed by atoms with Crippen LogP contribution >= 0.6 is 0 Å². The molecule has 130 valence electrons. The van der Waals surface area contributed by atoms with Crippen LogP contribution in [0.2, 0.25) is 0 Å². The fourth-order valence-corrected chi connectivity index (χ4v) is 4.55. The third-order valence-corrected chi connectivity index (χ3v) is 6.18. The van der Waals surface area contributed by atoms with Gasteiger partial charge in [0.05, 0.1) is 19.3 Å². The second-order valence-electron chi connectivity index (χ2n) is 6.38. The summed E-state index contributed by atoms with van der Waals surface area (Å²) in [4.78, 5) is 0.256.